The van der Waals surface area contributed by atoms with Gasteiger partial charge in [0.05, 0.1) is 5.92 Å². The summed E-state index contributed by atoms with van der Waals surface area (Å²) in [6.07, 6.45) is 0. The summed E-state index contributed by atoms with van der Waals surface area (Å²) in [5.41, 5.74) is 1.06. The van der Waals surface area contributed by atoms with Crippen LogP contribution in [0.3, 0.4) is 0 Å². The van der Waals surface area contributed by atoms with Gasteiger partial charge in [0.2, 0.25) is 0 Å². The summed E-state index contributed by atoms with van der Waals surface area (Å²) in [6.45, 7) is 2.47. The molecule has 0 bridgehead atoms. The molecule has 0 radical (unpaired) electrons. The SMILES string of the molecule is Cc1cccc(OCC(=O)N2CC(C(=O)O)C2)c1. The Morgan fingerprint density at radius 3 is 2.78 bits per heavy atom. The Labute approximate surface area is 105 Å². The summed E-state index contributed by atoms with van der Waals surface area (Å²) in [5.74, 6) is -0.792. The molecule has 1 N–H and O–H groups in total. The van der Waals surface area contributed by atoms with Crippen molar-refractivity contribution in [2.24, 2.45) is 5.92 Å². The fourth-order valence-electron chi connectivity index (χ4n) is 1.78. The number of likely N-dealkylation sites (tertiary alicyclic amines) is 1. The molecule has 1 aromatic carbocycles. The lowest BCUT2D eigenvalue weighted by Gasteiger charge is -2.36. The second kappa shape index (κ2) is 5.08. The number of hydrogen-bond donors (Lipinski definition) is 1. The van der Waals surface area contributed by atoms with E-state index in [2.05, 4.69) is 0 Å². The molecule has 1 aromatic rings. The third kappa shape index (κ3) is 2.80. The molecule has 96 valence electrons. The number of aliphatic carboxylic acids is 1. The number of carbonyl (C=O) groups is 2. The van der Waals surface area contributed by atoms with E-state index in [1.54, 1.807) is 6.07 Å². The van der Waals surface area contributed by atoms with Crippen molar-refractivity contribution in [3.8, 4) is 5.75 Å². The maximum absolute atomic E-state index is 11.7. The number of amides is 1. The van der Waals surface area contributed by atoms with Crippen molar-refractivity contribution in [1.29, 1.82) is 0 Å². The predicted molar refractivity (Wildman–Crippen MR) is 64.4 cm³/mol. The van der Waals surface area contributed by atoms with Crippen LogP contribution in [0.5, 0.6) is 5.75 Å². The van der Waals surface area contributed by atoms with E-state index in [1.807, 2.05) is 25.1 Å². The maximum Gasteiger partial charge on any atom is 0.310 e. The molecule has 1 aliphatic heterocycles. The van der Waals surface area contributed by atoms with E-state index in [-0.39, 0.29) is 25.6 Å². The number of carboxylic acid groups (broad SMARTS) is 1. The second-order valence-electron chi connectivity index (χ2n) is 4.44. The molecule has 0 saturated carbocycles. The average molecular weight is 249 g/mol. The normalized spacial score (nSPS) is 15.1. The Morgan fingerprint density at radius 1 is 1.44 bits per heavy atom. The van der Waals surface area contributed by atoms with Crippen LogP contribution in [-0.4, -0.2) is 41.6 Å². The third-order valence-corrected chi connectivity index (χ3v) is 2.94. The van der Waals surface area contributed by atoms with Crippen LogP contribution in [0.1, 0.15) is 5.56 Å². The number of rotatable bonds is 4. The molecular weight excluding hydrogens is 234 g/mol. The van der Waals surface area contributed by atoms with Gasteiger partial charge < -0.3 is 14.7 Å². The van der Waals surface area contributed by atoms with Crippen molar-refractivity contribution in [2.75, 3.05) is 19.7 Å². The second-order valence-corrected chi connectivity index (χ2v) is 4.44. The van der Waals surface area contributed by atoms with E-state index in [0.29, 0.717) is 5.75 Å². The first kappa shape index (κ1) is 12.4. The Balaban J connectivity index is 1.78. The van der Waals surface area contributed by atoms with Crippen molar-refractivity contribution in [2.45, 2.75) is 6.92 Å². The van der Waals surface area contributed by atoms with Crippen LogP contribution in [0, 0.1) is 12.8 Å². The molecule has 1 fully saturated rings. The first-order valence-corrected chi connectivity index (χ1v) is 5.76. The monoisotopic (exact) mass is 249 g/mol. The van der Waals surface area contributed by atoms with Crippen LogP contribution in [0.25, 0.3) is 0 Å². The minimum atomic E-state index is -0.848. The van der Waals surface area contributed by atoms with E-state index in [9.17, 15) is 9.59 Å². The van der Waals surface area contributed by atoms with Gasteiger partial charge in [0.25, 0.3) is 5.91 Å². The van der Waals surface area contributed by atoms with Gasteiger partial charge in [-0.15, -0.1) is 0 Å². The van der Waals surface area contributed by atoms with E-state index in [0.717, 1.165) is 5.56 Å². The molecule has 0 aromatic heterocycles. The first-order chi connectivity index (χ1) is 8.56. The molecule has 5 nitrogen and oxygen atoms in total. The first-order valence-electron chi connectivity index (χ1n) is 5.76. The maximum atomic E-state index is 11.7. The lowest BCUT2D eigenvalue weighted by Crippen LogP contribution is -2.54. The number of aryl methyl sites for hydroxylation is 1. The van der Waals surface area contributed by atoms with Crippen LogP contribution < -0.4 is 4.74 Å². The molecule has 1 heterocycles. The van der Waals surface area contributed by atoms with Crippen molar-refractivity contribution in [3.63, 3.8) is 0 Å². The Morgan fingerprint density at radius 2 is 2.17 bits per heavy atom. The van der Waals surface area contributed by atoms with E-state index >= 15 is 0 Å². The van der Waals surface area contributed by atoms with Gasteiger partial charge in [-0.1, -0.05) is 12.1 Å². The van der Waals surface area contributed by atoms with Crippen LogP contribution in [-0.2, 0) is 9.59 Å². The molecule has 1 aliphatic rings. The summed E-state index contributed by atoms with van der Waals surface area (Å²) in [7, 11) is 0. The van der Waals surface area contributed by atoms with Crippen LogP contribution in [0.2, 0.25) is 0 Å². The summed E-state index contributed by atoms with van der Waals surface area (Å²) in [6, 6.07) is 7.45. The quantitative estimate of drug-likeness (QED) is 0.861. The Kier molecular flexibility index (Phi) is 3.50. The standard InChI is InChI=1S/C13H15NO4/c1-9-3-2-4-11(5-9)18-8-12(15)14-6-10(7-14)13(16)17/h2-5,10H,6-8H2,1H3,(H,16,17). The van der Waals surface area contributed by atoms with Crippen molar-refractivity contribution < 1.29 is 19.4 Å². The van der Waals surface area contributed by atoms with Crippen molar-refractivity contribution in [1.82, 2.24) is 4.90 Å². The molecule has 0 aliphatic carbocycles. The zero-order valence-corrected chi connectivity index (χ0v) is 10.1. The molecule has 0 atom stereocenters. The molecule has 0 unspecified atom stereocenters. The Hall–Kier alpha value is -2.04. The van der Waals surface area contributed by atoms with Gasteiger partial charge in [0.1, 0.15) is 5.75 Å². The lowest BCUT2D eigenvalue weighted by atomic mass is 10.0. The highest BCUT2D eigenvalue weighted by atomic mass is 16.5. The molecule has 5 heteroatoms. The summed E-state index contributed by atoms with van der Waals surface area (Å²) < 4.78 is 5.36. The number of nitrogens with zero attached hydrogens (tertiary/aromatic N) is 1. The van der Waals surface area contributed by atoms with Gasteiger partial charge in [-0.25, -0.2) is 0 Å². The summed E-state index contributed by atoms with van der Waals surface area (Å²) in [4.78, 5) is 23.8. The minimum Gasteiger partial charge on any atom is -0.484 e. The number of hydrogen-bond acceptors (Lipinski definition) is 3. The fourth-order valence-corrected chi connectivity index (χ4v) is 1.78. The van der Waals surface area contributed by atoms with Gasteiger partial charge in [-0.3, -0.25) is 9.59 Å². The average Bonchev–Trinajstić information content (AvgIpc) is 2.24. The van der Waals surface area contributed by atoms with Crippen LogP contribution in [0.15, 0.2) is 24.3 Å². The molecule has 1 amide bonds. The van der Waals surface area contributed by atoms with Gasteiger partial charge in [0, 0.05) is 13.1 Å². The molecular formula is C13H15NO4. The molecule has 0 spiro atoms. The fraction of sp³-hybridized carbons (Fsp3) is 0.385. The number of benzene rings is 1. The molecule has 1 saturated heterocycles. The highest BCUT2D eigenvalue weighted by Crippen LogP contribution is 2.17. The molecule has 2 rings (SSSR count). The predicted octanol–water partition coefficient (Wildman–Crippen LogP) is 0.917. The van der Waals surface area contributed by atoms with Crippen LogP contribution >= 0.6 is 0 Å². The van der Waals surface area contributed by atoms with E-state index in [1.165, 1.54) is 4.90 Å². The Bertz CT molecular complexity index is 466. The van der Waals surface area contributed by atoms with Gasteiger partial charge in [0.15, 0.2) is 6.61 Å². The van der Waals surface area contributed by atoms with Gasteiger partial charge in [-0.05, 0) is 24.6 Å². The van der Waals surface area contributed by atoms with Crippen molar-refractivity contribution in [3.05, 3.63) is 29.8 Å². The summed E-state index contributed by atoms with van der Waals surface area (Å²) >= 11 is 0. The van der Waals surface area contributed by atoms with E-state index < -0.39 is 11.9 Å². The topological polar surface area (TPSA) is 66.8 Å². The number of ether oxygens (including phenoxy) is 1. The van der Waals surface area contributed by atoms with Crippen molar-refractivity contribution >= 4 is 11.9 Å². The minimum absolute atomic E-state index is 0.0458. The van der Waals surface area contributed by atoms with Crippen LogP contribution in [0.4, 0.5) is 0 Å². The molecule has 18 heavy (non-hydrogen) atoms. The zero-order chi connectivity index (χ0) is 13.1. The zero-order valence-electron chi connectivity index (χ0n) is 10.1. The highest BCUT2D eigenvalue weighted by molar-refractivity contribution is 5.82. The van der Waals surface area contributed by atoms with Gasteiger partial charge >= 0.3 is 5.97 Å². The van der Waals surface area contributed by atoms with Gasteiger partial charge in [-0.2, -0.15) is 0 Å². The third-order valence-electron chi connectivity index (χ3n) is 2.94. The largest absolute Gasteiger partial charge is 0.484 e. The lowest BCUT2D eigenvalue weighted by molar-refractivity contribution is -0.153. The number of carboxylic acids is 1. The number of carbonyl (C=O) groups excluding carboxylic acids is 1. The van der Waals surface area contributed by atoms with E-state index in [4.69, 9.17) is 9.84 Å². The smallest absolute Gasteiger partial charge is 0.310 e. The highest BCUT2D eigenvalue weighted by Gasteiger charge is 2.35. The summed E-state index contributed by atoms with van der Waals surface area (Å²) in [5, 5.41) is 8.70.